The maximum atomic E-state index is 5.51. The summed E-state index contributed by atoms with van der Waals surface area (Å²) in [6.07, 6.45) is 0. The van der Waals surface area contributed by atoms with Crippen molar-refractivity contribution in [2.75, 3.05) is 18.5 Å². The number of fused-ring (bicyclic) bond motifs is 1. The lowest BCUT2D eigenvalue weighted by molar-refractivity contribution is 0.171. The third-order valence-corrected chi connectivity index (χ3v) is 2.56. The van der Waals surface area contributed by atoms with E-state index < -0.39 is 0 Å². The van der Waals surface area contributed by atoms with Crippen LogP contribution in [0.1, 0.15) is 11.7 Å². The minimum Gasteiger partial charge on any atom is -0.486 e. The Hall–Kier alpha value is -2.24. The zero-order valence-corrected chi connectivity index (χ0v) is 9.97. The third kappa shape index (κ3) is 2.22. The largest absolute Gasteiger partial charge is 0.486 e. The van der Waals surface area contributed by atoms with Crippen LogP contribution >= 0.6 is 0 Å². The summed E-state index contributed by atoms with van der Waals surface area (Å²) in [5.41, 5.74) is 0.932. The molecule has 6 heteroatoms. The minimum atomic E-state index is 0.511. The lowest BCUT2D eigenvalue weighted by Crippen LogP contribution is -2.15. The molecule has 1 aromatic carbocycles. The first kappa shape index (κ1) is 10.9. The van der Waals surface area contributed by atoms with Gasteiger partial charge in [0.2, 0.25) is 5.89 Å². The molecule has 3 rings (SSSR count). The van der Waals surface area contributed by atoms with Crippen molar-refractivity contribution < 1.29 is 14.0 Å². The molecule has 0 saturated carbocycles. The van der Waals surface area contributed by atoms with Gasteiger partial charge in [0.15, 0.2) is 17.3 Å². The molecule has 18 heavy (non-hydrogen) atoms. The molecule has 0 spiro atoms. The predicted octanol–water partition coefficient (Wildman–Crippen LogP) is 1.76. The summed E-state index contributed by atoms with van der Waals surface area (Å²) in [7, 11) is 0. The number of ether oxygens (including phenoxy) is 2. The Balaban J connectivity index is 1.69. The Morgan fingerprint density at radius 3 is 2.83 bits per heavy atom. The van der Waals surface area contributed by atoms with Crippen LogP contribution in [0.25, 0.3) is 0 Å². The fourth-order valence-electron chi connectivity index (χ4n) is 1.75. The molecule has 0 unspecified atom stereocenters. The normalized spacial score (nSPS) is 13.4. The summed E-state index contributed by atoms with van der Waals surface area (Å²) in [6.45, 7) is 3.46. The Bertz CT molecular complexity index is 553. The molecule has 0 atom stereocenters. The highest BCUT2D eigenvalue weighted by molar-refractivity contribution is 5.55. The molecule has 1 aliphatic heterocycles. The van der Waals surface area contributed by atoms with Crippen LogP contribution in [-0.2, 0) is 6.54 Å². The number of hydrogen-bond donors (Lipinski definition) is 1. The van der Waals surface area contributed by atoms with Crippen molar-refractivity contribution in [2.24, 2.45) is 0 Å². The summed E-state index contributed by atoms with van der Waals surface area (Å²) in [4.78, 5) is 4.12. The number of benzene rings is 1. The number of anilines is 1. The number of aromatic nitrogens is 2. The second-order valence-electron chi connectivity index (χ2n) is 3.94. The Kier molecular flexibility index (Phi) is 2.76. The molecule has 94 valence electrons. The van der Waals surface area contributed by atoms with Crippen molar-refractivity contribution in [3.63, 3.8) is 0 Å². The van der Waals surface area contributed by atoms with E-state index in [2.05, 4.69) is 15.5 Å². The van der Waals surface area contributed by atoms with Gasteiger partial charge in [0.25, 0.3) is 0 Å². The van der Waals surface area contributed by atoms with E-state index in [1.54, 1.807) is 6.92 Å². The molecule has 2 aromatic rings. The van der Waals surface area contributed by atoms with Crippen LogP contribution in [0.3, 0.4) is 0 Å². The van der Waals surface area contributed by atoms with Gasteiger partial charge in [-0.05, 0) is 12.1 Å². The molecule has 0 saturated heterocycles. The Morgan fingerprint density at radius 1 is 1.22 bits per heavy atom. The highest BCUT2D eigenvalue weighted by atomic mass is 16.6. The van der Waals surface area contributed by atoms with Crippen LogP contribution in [0.15, 0.2) is 22.7 Å². The molecule has 2 heterocycles. The first-order valence-corrected chi connectivity index (χ1v) is 5.74. The van der Waals surface area contributed by atoms with Crippen molar-refractivity contribution in [2.45, 2.75) is 13.5 Å². The molecular formula is C12H13N3O3. The van der Waals surface area contributed by atoms with E-state index in [1.165, 1.54) is 0 Å². The van der Waals surface area contributed by atoms with Crippen LogP contribution in [0.4, 0.5) is 5.69 Å². The maximum Gasteiger partial charge on any atom is 0.223 e. The first-order chi connectivity index (χ1) is 8.81. The molecule has 6 nitrogen and oxygen atoms in total. The van der Waals surface area contributed by atoms with Crippen LogP contribution < -0.4 is 14.8 Å². The van der Waals surface area contributed by atoms with Gasteiger partial charge in [-0.3, -0.25) is 0 Å². The quantitative estimate of drug-likeness (QED) is 0.891. The summed E-state index contributed by atoms with van der Waals surface area (Å²) >= 11 is 0. The van der Waals surface area contributed by atoms with E-state index in [0.717, 1.165) is 17.2 Å². The van der Waals surface area contributed by atoms with Crippen molar-refractivity contribution in [3.8, 4) is 11.5 Å². The van der Waals surface area contributed by atoms with E-state index >= 15 is 0 Å². The standard InChI is InChI=1S/C12H13N3O3/c1-8-14-12(15-18-8)7-13-9-2-3-10-11(6-9)17-5-4-16-10/h2-3,6,13H,4-5,7H2,1H3. The van der Waals surface area contributed by atoms with Crippen molar-refractivity contribution in [1.29, 1.82) is 0 Å². The highest BCUT2D eigenvalue weighted by Crippen LogP contribution is 2.32. The topological polar surface area (TPSA) is 69.4 Å². The average molecular weight is 247 g/mol. The number of nitrogens with one attached hydrogen (secondary N) is 1. The summed E-state index contributed by atoms with van der Waals surface area (Å²) < 4.78 is 15.9. The molecular weight excluding hydrogens is 234 g/mol. The van der Waals surface area contributed by atoms with E-state index in [9.17, 15) is 0 Å². The lowest BCUT2D eigenvalue weighted by atomic mass is 10.2. The molecule has 0 radical (unpaired) electrons. The van der Waals surface area contributed by atoms with Gasteiger partial charge in [-0.2, -0.15) is 4.98 Å². The minimum absolute atomic E-state index is 0.511. The number of hydrogen-bond acceptors (Lipinski definition) is 6. The zero-order chi connectivity index (χ0) is 12.4. The maximum absolute atomic E-state index is 5.51. The van der Waals surface area contributed by atoms with Gasteiger partial charge in [0.1, 0.15) is 13.2 Å². The van der Waals surface area contributed by atoms with Crippen molar-refractivity contribution in [1.82, 2.24) is 10.1 Å². The van der Waals surface area contributed by atoms with Crippen molar-refractivity contribution >= 4 is 5.69 Å². The number of nitrogens with zero attached hydrogens (tertiary/aromatic N) is 2. The van der Waals surface area contributed by atoms with Gasteiger partial charge in [-0.1, -0.05) is 5.16 Å². The van der Waals surface area contributed by atoms with Crippen LogP contribution in [0, 0.1) is 6.92 Å². The average Bonchev–Trinajstić information content (AvgIpc) is 2.82. The number of aryl methyl sites for hydroxylation is 1. The van der Waals surface area contributed by atoms with Crippen LogP contribution in [-0.4, -0.2) is 23.4 Å². The lowest BCUT2D eigenvalue weighted by Gasteiger charge is -2.19. The third-order valence-electron chi connectivity index (χ3n) is 2.56. The smallest absolute Gasteiger partial charge is 0.223 e. The van der Waals surface area contributed by atoms with Crippen molar-refractivity contribution in [3.05, 3.63) is 29.9 Å². The van der Waals surface area contributed by atoms with Gasteiger partial charge in [-0.15, -0.1) is 0 Å². The van der Waals surface area contributed by atoms with E-state index in [1.807, 2.05) is 18.2 Å². The van der Waals surface area contributed by atoms with Crippen LogP contribution in [0.5, 0.6) is 11.5 Å². The van der Waals surface area contributed by atoms with Gasteiger partial charge >= 0.3 is 0 Å². The van der Waals surface area contributed by atoms with Gasteiger partial charge < -0.3 is 19.3 Å². The second-order valence-corrected chi connectivity index (χ2v) is 3.94. The molecule has 0 aliphatic carbocycles. The summed E-state index contributed by atoms with van der Waals surface area (Å²) in [6, 6.07) is 5.72. The summed E-state index contributed by atoms with van der Waals surface area (Å²) in [5, 5.41) is 7.02. The van der Waals surface area contributed by atoms with Gasteiger partial charge in [0.05, 0.1) is 6.54 Å². The fraction of sp³-hybridized carbons (Fsp3) is 0.333. The van der Waals surface area contributed by atoms with E-state index in [0.29, 0.717) is 31.5 Å². The number of rotatable bonds is 3. The van der Waals surface area contributed by atoms with Gasteiger partial charge in [0, 0.05) is 18.7 Å². The zero-order valence-electron chi connectivity index (χ0n) is 9.97. The SMILES string of the molecule is Cc1nc(CNc2ccc3c(c2)OCCO3)no1. The predicted molar refractivity (Wildman–Crippen MR) is 63.8 cm³/mol. The molecule has 1 N–H and O–H groups in total. The Morgan fingerprint density at radius 2 is 2.06 bits per heavy atom. The molecule has 0 bridgehead atoms. The molecule has 1 aliphatic rings. The second kappa shape index (κ2) is 4.56. The van der Waals surface area contributed by atoms with Crippen LogP contribution in [0.2, 0.25) is 0 Å². The molecule has 0 fully saturated rings. The summed E-state index contributed by atoms with van der Waals surface area (Å²) in [5.74, 6) is 2.73. The Labute approximate surface area is 104 Å². The fourth-order valence-corrected chi connectivity index (χ4v) is 1.75. The van der Waals surface area contributed by atoms with E-state index in [-0.39, 0.29) is 0 Å². The monoisotopic (exact) mass is 247 g/mol. The first-order valence-electron chi connectivity index (χ1n) is 5.74. The van der Waals surface area contributed by atoms with Gasteiger partial charge in [-0.25, -0.2) is 0 Å². The molecule has 1 aromatic heterocycles. The highest BCUT2D eigenvalue weighted by Gasteiger charge is 2.11. The van der Waals surface area contributed by atoms with E-state index in [4.69, 9.17) is 14.0 Å². The molecule has 0 amide bonds.